The lowest BCUT2D eigenvalue weighted by molar-refractivity contribution is -0.944. The second-order valence-electron chi connectivity index (χ2n) is 18.4. The Bertz CT molecular complexity index is 3410. The van der Waals surface area contributed by atoms with Gasteiger partial charge < -0.3 is 4.42 Å². The molecular formula is C56H47N3OSi+2. The summed E-state index contributed by atoms with van der Waals surface area (Å²) in [5.41, 5.74) is 16.9. The third-order valence-corrected chi connectivity index (χ3v) is 15.3. The van der Waals surface area contributed by atoms with Gasteiger partial charge in [-0.25, -0.2) is 0 Å². The number of benzene rings is 7. The van der Waals surface area contributed by atoms with Crippen LogP contribution in [0.15, 0.2) is 180 Å². The SMILES string of the molecule is CC(C)Cc1cc2[n+](cc1[Si](C)(C)C)C1(c3ccc(-c4ccccc4)cc3-2)c2ccc3c(oc4ccccc43)c2-c2n(-c3ccccc3-c3ccccc3)c3ccccc3[n+]21. The fourth-order valence-corrected chi connectivity index (χ4v) is 12.4. The number of hydrogen-bond acceptors (Lipinski definition) is 1. The molecule has 0 saturated carbocycles. The van der Waals surface area contributed by atoms with Gasteiger partial charge in [0, 0.05) is 27.6 Å². The Hall–Kier alpha value is -6.82. The Morgan fingerprint density at radius 2 is 1.31 bits per heavy atom. The molecule has 2 aliphatic heterocycles. The van der Waals surface area contributed by atoms with Gasteiger partial charge in [0.2, 0.25) is 5.69 Å². The van der Waals surface area contributed by atoms with Crippen LogP contribution in [0.3, 0.4) is 0 Å². The lowest BCUT2D eigenvalue weighted by Crippen LogP contribution is -2.72. The average Bonchev–Trinajstić information content (AvgIpc) is 3.99. The van der Waals surface area contributed by atoms with Crippen molar-refractivity contribution >= 4 is 46.2 Å². The Labute approximate surface area is 357 Å². The molecule has 1 atom stereocenters. The lowest BCUT2D eigenvalue weighted by Gasteiger charge is -2.24. The topological polar surface area (TPSA) is 25.8 Å². The van der Waals surface area contributed by atoms with Gasteiger partial charge in [-0.1, -0.05) is 149 Å². The first-order valence-electron chi connectivity index (χ1n) is 21.7. The van der Waals surface area contributed by atoms with Crippen LogP contribution in [0.1, 0.15) is 30.5 Å². The van der Waals surface area contributed by atoms with Crippen molar-refractivity contribution in [3.63, 3.8) is 0 Å². The van der Waals surface area contributed by atoms with Crippen molar-refractivity contribution in [3.05, 3.63) is 193 Å². The monoisotopic (exact) mass is 805 g/mol. The van der Waals surface area contributed by atoms with E-state index in [-0.39, 0.29) is 0 Å². The number of nitrogens with zero attached hydrogens (tertiary/aromatic N) is 3. The van der Waals surface area contributed by atoms with Crippen molar-refractivity contribution in [2.75, 3.05) is 0 Å². The van der Waals surface area contributed by atoms with E-state index in [1.54, 1.807) is 0 Å². The normalized spacial score (nSPS) is 15.2. The molecule has 4 nitrogen and oxygen atoms in total. The summed E-state index contributed by atoms with van der Waals surface area (Å²) in [6.45, 7) is 12.2. The zero-order chi connectivity index (χ0) is 41.2. The van der Waals surface area contributed by atoms with E-state index >= 15 is 0 Å². The maximum absolute atomic E-state index is 7.12. The van der Waals surface area contributed by atoms with Crippen LogP contribution in [0, 0.1) is 5.92 Å². The Morgan fingerprint density at radius 3 is 2.10 bits per heavy atom. The van der Waals surface area contributed by atoms with E-state index in [9.17, 15) is 0 Å². The van der Waals surface area contributed by atoms with E-state index in [2.05, 4.69) is 223 Å². The minimum Gasteiger partial charge on any atom is -0.455 e. The zero-order valence-corrected chi connectivity index (χ0v) is 36.3. The summed E-state index contributed by atoms with van der Waals surface area (Å²) in [5, 5.41) is 3.77. The molecule has 12 rings (SSSR count). The largest absolute Gasteiger partial charge is 0.455 e. The van der Waals surface area contributed by atoms with Crippen LogP contribution in [-0.4, -0.2) is 12.6 Å². The molecule has 3 aromatic heterocycles. The summed E-state index contributed by atoms with van der Waals surface area (Å²) in [6.07, 6.45) is 3.62. The molecule has 5 heteroatoms. The van der Waals surface area contributed by atoms with Gasteiger partial charge in [-0.15, -0.1) is 9.13 Å². The molecule has 1 unspecified atom stereocenters. The van der Waals surface area contributed by atoms with Gasteiger partial charge in [-0.2, -0.15) is 4.57 Å². The second-order valence-corrected chi connectivity index (χ2v) is 23.5. The molecule has 0 aliphatic carbocycles. The summed E-state index contributed by atoms with van der Waals surface area (Å²) >= 11 is 0. The molecule has 0 fully saturated rings. The van der Waals surface area contributed by atoms with E-state index in [1.807, 2.05) is 0 Å². The quantitative estimate of drug-likeness (QED) is 0.121. The molecule has 1 spiro atoms. The summed E-state index contributed by atoms with van der Waals surface area (Å²) in [7, 11) is -1.87. The number of aromatic nitrogens is 3. The summed E-state index contributed by atoms with van der Waals surface area (Å²) < 4.78 is 15.0. The van der Waals surface area contributed by atoms with Crippen molar-refractivity contribution in [2.45, 2.75) is 45.6 Å². The van der Waals surface area contributed by atoms with Gasteiger partial charge in [0.25, 0.3) is 0 Å². The summed E-state index contributed by atoms with van der Waals surface area (Å²) in [6, 6.07) is 62.6. The van der Waals surface area contributed by atoms with Crippen LogP contribution < -0.4 is 14.3 Å². The van der Waals surface area contributed by atoms with Crippen molar-refractivity contribution in [2.24, 2.45) is 5.92 Å². The fraction of sp³-hybridized carbons (Fsp3) is 0.143. The molecule has 2 aliphatic rings. The van der Waals surface area contributed by atoms with Crippen molar-refractivity contribution in [1.29, 1.82) is 0 Å². The van der Waals surface area contributed by atoms with Crippen LogP contribution in [0.4, 0.5) is 0 Å². The molecule has 0 bridgehead atoms. The predicted molar refractivity (Wildman–Crippen MR) is 252 cm³/mol. The minimum absolute atomic E-state index is 0.529. The van der Waals surface area contributed by atoms with Gasteiger partial charge in [-0.05, 0) is 83.1 Å². The third kappa shape index (κ3) is 5.04. The van der Waals surface area contributed by atoms with E-state index in [0.29, 0.717) is 5.92 Å². The van der Waals surface area contributed by atoms with E-state index < -0.39 is 13.7 Å². The molecule has 10 aromatic rings. The second kappa shape index (κ2) is 13.1. The lowest BCUT2D eigenvalue weighted by atomic mass is 9.87. The van der Waals surface area contributed by atoms with Crippen molar-refractivity contribution < 1.29 is 13.6 Å². The highest BCUT2D eigenvalue weighted by atomic mass is 28.3. The highest BCUT2D eigenvalue weighted by Gasteiger charge is 2.67. The van der Waals surface area contributed by atoms with E-state index in [0.717, 1.165) is 51.0 Å². The zero-order valence-electron chi connectivity index (χ0n) is 35.3. The van der Waals surface area contributed by atoms with Gasteiger partial charge >= 0.3 is 11.5 Å². The molecule has 0 saturated heterocycles. The maximum atomic E-state index is 7.12. The number of hydrogen-bond donors (Lipinski definition) is 0. The molecule has 7 aromatic carbocycles. The highest BCUT2D eigenvalue weighted by Crippen LogP contribution is 2.53. The first-order chi connectivity index (χ1) is 29.7. The number of pyridine rings is 1. The molecular weight excluding hydrogens is 759 g/mol. The molecule has 0 radical (unpaired) electrons. The first kappa shape index (κ1) is 36.1. The first-order valence-corrected chi connectivity index (χ1v) is 25.2. The summed E-state index contributed by atoms with van der Waals surface area (Å²) in [5.74, 6) is 1.64. The fourth-order valence-electron chi connectivity index (χ4n) is 10.8. The molecule has 0 N–H and O–H groups in total. The van der Waals surface area contributed by atoms with Crippen LogP contribution in [0.5, 0.6) is 0 Å². The maximum Gasteiger partial charge on any atom is 0.364 e. The summed E-state index contributed by atoms with van der Waals surface area (Å²) in [4.78, 5) is 0. The van der Waals surface area contributed by atoms with Crippen molar-refractivity contribution in [3.8, 4) is 50.6 Å². The van der Waals surface area contributed by atoms with E-state index in [1.165, 1.54) is 60.9 Å². The predicted octanol–water partition coefficient (Wildman–Crippen LogP) is 12.4. The van der Waals surface area contributed by atoms with Crippen LogP contribution in [-0.2, 0) is 12.1 Å². The van der Waals surface area contributed by atoms with Gasteiger partial charge in [-0.3, -0.25) is 0 Å². The third-order valence-electron chi connectivity index (χ3n) is 13.2. The number of para-hydroxylation sites is 4. The minimum atomic E-state index is -1.87. The van der Waals surface area contributed by atoms with Crippen LogP contribution in [0.2, 0.25) is 19.6 Å². The van der Waals surface area contributed by atoms with Crippen LogP contribution >= 0.6 is 0 Å². The number of imidazole rings is 1. The standard InChI is InChI=1S/C56H47N3OSi/c1-36(2)32-40-34-50-44-33-39(37-18-8-6-9-19-37)28-30-45(44)56(57(50)35-52(40)61(3,4)5)46-31-29-43-42-23-13-17-27-51(42)60-54(43)53(46)55-58(48-25-15-16-26-49(48)59(55)56)47-24-14-12-22-41(47)38-20-10-7-11-21-38/h6-31,33-36H,32H2,1-5H3/q+2. The van der Waals surface area contributed by atoms with Gasteiger partial charge in [0.1, 0.15) is 16.8 Å². The molecule has 5 heterocycles. The smallest absolute Gasteiger partial charge is 0.364 e. The van der Waals surface area contributed by atoms with E-state index in [4.69, 9.17) is 4.42 Å². The average molecular weight is 806 g/mol. The Morgan fingerprint density at radius 1 is 0.623 bits per heavy atom. The van der Waals surface area contributed by atoms with Crippen LogP contribution in [0.25, 0.3) is 83.6 Å². The van der Waals surface area contributed by atoms with Gasteiger partial charge in [0.15, 0.2) is 22.8 Å². The number of fused-ring (bicyclic) bond motifs is 16. The highest BCUT2D eigenvalue weighted by molar-refractivity contribution is 6.89. The number of furan rings is 1. The Balaban J connectivity index is 1.30. The molecule has 61 heavy (non-hydrogen) atoms. The van der Waals surface area contributed by atoms with Crippen molar-refractivity contribution in [1.82, 2.24) is 4.57 Å². The molecule has 294 valence electrons. The number of rotatable bonds is 6. The molecule has 0 amide bonds. The Kier molecular flexibility index (Phi) is 7.74. The van der Waals surface area contributed by atoms with Gasteiger partial charge in [0.05, 0.1) is 24.8 Å².